The molecule has 6 nitrogen and oxygen atoms in total. The first-order valence-corrected chi connectivity index (χ1v) is 12.0. The number of benzene rings is 2. The predicted octanol–water partition coefficient (Wildman–Crippen LogP) is 5.02. The number of rotatable bonds is 10. The molecular formula is C27H37N3O3S. The number of amides is 2. The fraction of sp³-hybridized carbons (Fsp3) is 0.444. The molecule has 0 saturated heterocycles. The number of hydrogen-bond donors (Lipinski definition) is 2. The van der Waals surface area contributed by atoms with Gasteiger partial charge in [-0.1, -0.05) is 38.1 Å². The number of ether oxygens (including phenoxy) is 1. The molecule has 0 aliphatic rings. The number of hydrogen-bond acceptors (Lipinski definition) is 4. The van der Waals surface area contributed by atoms with Crippen LogP contribution in [-0.2, 0) is 16.0 Å². The first-order chi connectivity index (χ1) is 16.0. The van der Waals surface area contributed by atoms with Gasteiger partial charge in [0.2, 0.25) is 11.8 Å². The Bertz CT molecular complexity index is 1020. The monoisotopic (exact) mass is 483 g/mol. The second-order valence-electron chi connectivity index (χ2n) is 9.50. The highest BCUT2D eigenvalue weighted by Gasteiger charge is 2.28. The van der Waals surface area contributed by atoms with Gasteiger partial charge in [-0.15, -0.1) is 0 Å². The Morgan fingerprint density at radius 3 is 2.53 bits per heavy atom. The van der Waals surface area contributed by atoms with Gasteiger partial charge in [-0.2, -0.15) is 0 Å². The van der Waals surface area contributed by atoms with Gasteiger partial charge in [-0.05, 0) is 80.2 Å². The third-order valence-corrected chi connectivity index (χ3v) is 5.90. The SMILES string of the molecule is Cc1ccc(C)c(OCCCC(C)(C)C(=O)NC(=S)Nc2cccc(CCC(=O)N(C)C)c2)c1. The molecule has 34 heavy (non-hydrogen) atoms. The topological polar surface area (TPSA) is 70.7 Å². The van der Waals surface area contributed by atoms with E-state index in [-0.39, 0.29) is 16.9 Å². The summed E-state index contributed by atoms with van der Waals surface area (Å²) in [5.74, 6) is 0.841. The maximum absolute atomic E-state index is 12.8. The molecule has 0 fully saturated rings. The normalized spacial score (nSPS) is 11.0. The molecule has 0 atom stereocenters. The summed E-state index contributed by atoms with van der Waals surface area (Å²) in [6.45, 7) is 8.43. The number of nitrogens with one attached hydrogen (secondary N) is 2. The van der Waals surface area contributed by atoms with Crippen LogP contribution in [0.5, 0.6) is 5.75 Å². The zero-order valence-corrected chi connectivity index (χ0v) is 22.0. The minimum absolute atomic E-state index is 0.0859. The summed E-state index contributed by atoms with van der Waals surface area (Å²) in [4.78, 5) is 26.2. The Morgan fingerprint density at radius 1 is 1.09 bits per heavy atom. The molecular weight excluding hydrogens is 446 g/mol. The minimum atomic E-state index is -0.592. The molecule has 7 heteroatoms. The Kier molecular flexibility index (Phi) is 10.1. The fourth-order valence-electron chi connectivity index (χ4n) is 3.39. The summed E-state index contributed by atoms with van der Waals surface area (Å²) in [6, 6.07) is 13.8. The van der Waals surface area contributed by atoms with E-state index in [0.29, 0.717) is 25.9 Å². The zero-order valence-electron chi connectivity index (χ0n) is 21.2. The van der Waals surface area contributed by atoms with Gasteiger partial charge in [-0.25, -0.2) is 0 Å². The molecule has 0 heterocycles. The molecule has 0 spiro atoms. The van der Waals surface area contributed by atoms with Crippen LogP contribution in [0, 0.1) is 19.3 Å². The third kappa shape index (κ3) is 8.78. The van der Waals surface area contributed by atoms with E-state index in [2.05, 4.69) is 22.8 Å². The van der Waals surface area contributed by atoms with Crippen LogP contribution in [0.25, 0.3) is 0 Å². The van der Waals surface area contributed by atoms with Crippen molar-refractivity contribution >= 4 is 34.8 Å². The van der Waals surface area contributed by atoms with Crippen LogP contribution in [-0.4, -0.2) is 42.5 Å². The van der Waals surface area contributed by atoms with Crippen molar-refractivity contribution in [1.82, 2.24) is 10.2 Å². The average Bonchev–Trinajstić information content (AvgIpc) is 2.77. The molecule has 2 amide bonds. The molecule has 2 rings (SSSR count). The number of carbonyl (C=O) groups excluding carboxylic acids is 2. The van der Waals surface area contributed by atoms with Crippen LogP contribution in [0.4, 0.5) is 5.69 Å². The molecule has 0 unspecified atom stereocenters. The van der Waals surface area contributed by atoms with Crippen molar-refractivity contribution in [3.63, 3.8) is 0 Å². The molecule has 0 aromatic heterocycles. The number of carbonyl (C=O) groups is 2. The van der Waals surface area contributed by atoms with Crippen molar-refractivity contribution in [2.75, 3.05) is 26.0 Å². The summed E-state index contributed by atoms with van der Waals surface area (Å²) in [5, 5.41) is 6.14. The zero-order chi connectivity index (χ0) is 25.3. The van der Waals surface area contributed by atoms with Gasteiger partial charge in [0.1, 0.15) is 5.75 Å². The minimum Gasteiger partial charge on any atom is -0.493 e. The average molecular weight is 484 g/mol. The molecule has 0 aliphatic heterocycles. The smallest absolute Gasteiger partial charge is 0.231 e. The lowest BCUT2D eigenvalue weighted by Crippen LogP contribution is -2.42. The van der Waals surface area contributed by atoms with Gasteiger partial charge < -0.3 is 20.3 Å². The van der Waals surface area contributed by atoms with Gasteiger partial charge in [0.25, 0.3) is 0 Å². The Balaban J connectivity index is 1.81. The van der Waals surface area contributed by atoms with Gasteiger partial charge >= 0.3 is 0 Å². The molecule has 0 radical (unpaired) electrons. The molecule has 184 valence electrons. The van der Waals surface area contributed by atoms with Crippen LogP contribution < -0.4 is 15.4 Å². The van der Waals surface area contributed by atoms with Crippen LogP contribution in [0.3, 0.4) is 0 Å². The maximum atomic E-state index is 12.8. The van der Waals surface area contributed by atoms with E-state index in [0.717, 1.165) is 34.5 Å². The van der Waals surface area contributed by atoms with Gasteiger partial charge in [-0.3, -0.25) is 9.59 Å². The highest BCUT2D eigenvalue weighted by molar-refractivity contribution is 7.80. The van der Waals surface area contributed by atoms with E-state index in [1.54, 1.807) is 19.0 Å². The van der Waals surface area contributed by atoms with Crippen molar-refractivity contribution in [3.8, 4) is 5.75 Å². The van der Waals surface area contributed by atoms with E-state index in [4.69, 9.17) is 17.0 Å². The predicted molar refractivity (Wildman–Crippen MR) is 142 cm³/mol. The second kappa shape index (κ2) is 12.5. The van der Waals surface area contributed by atoms with E-state index >= 15 is 0 Å². The molecule has 0 bridgehead atoms. The van der Waals surface area contributed by atoms with E-state index < -0.39 is 5.41 Å². The maximum Gasteiger partial charge on any atom is 0.231 e. The lowest BCUT2D eigenvalue weighted by molar-refractivity contribution is -0.129. The molecule has 0 aliphatic carbocycles. The molecule has 2 aromatic rings. The van der Waals surface area contributed by atoms with Crippen molar-refractivity contribution in [3.05, 3.63) is 59.2 Å². The van der Waals surface area contributed by atoms with E-state index in [1.807, 2.05) is 58.0 Å². The summed E-state index contributed by atoms with van der Waals surface area (Å²) in [5.41, 5.74) is 3.48. The molecule has 0 saturated carbocycles. The number of anilines is 1. The number of nitrogens with zero attached hydrogens (tertiary/aromatic N) is 1. The van der Waals surface area contributed by atoms with Crippen LogP contribution in [0.15, 0.2) is 42.5 Å². The summed E-state index contributed by atoms with van der Waals surface area (Å²) < 4.78 is 5.92. The lowest BCUT2D eigenvalue weighted by Gasteiger charge is -2.24. The van der Waals surface area contributed by atoms with Gasteiger partial charge in [0.05, 0.1) is 6.61 Å². The standard InChI is InChI=1S/C27H37N3O3S/c1-19-11-12-20(2)23(17-19)33-16-8-15-27(3,4)25(32)29-26(34)28-22-10-7-9-21(18-22)13-14-24(31)30(5)6/h7,9-12,17-18H,8,13-16H2,1-6H3,(H2,28,29,32,34). The van der Waals surface area contributed by atoms with Crippen LogP contribution in [0.1, 0.15) is 49.8 Å². The first kappa shape index (κ1) is 27.3. The highest BCUT2D eigenvalue weighted by Crippen LogP contribution is 2.24. The fourth-order valence-corrected chi connectivity index (χ4v) is 3.60. The third-order valence-electron chi connectivity index (χ3n) is 5.70. The molecule has 2 N–H and O–H groups in total. The van der Waals surface area contributed by atoms with Crippen LogP contribution >= 0.6 is 12.2 Å². The van der Waals surface area contributed by atoms with Crippen LogP contribution in [0.2, 0.25) is 0 Å². The van der Waals surface area contributed by atoms with Gasteiger partial charge in [0, 0.05) is 31.6 Å². The van der Waals surface area contributed by atoms with Crippen molar-refractivity contribution in [1.29, 1.82) is 0 Å². The van der Waals surface area contributed by atoms with Crippen molar-refractivity contribution < 1.29 is 14.3 Å². The lowest BCUT2D eigenvalue weighted by atomic mass is 9.87. The Hall–Kier alpha value is -2.93. The number of aryl methyl sites for hydroxylation is 3. The summed E-state index contributed by atoms with van der Waals surface area (Å²) in [7, 11) is 3.50. The Labute approximate surface area is 209 Å². The van der Waals surface area contributed by atoms with Crippen molar-refractivity contribution in [2.24, 2.45) is 5.41 Å². The van der Waals surface area contributed by atoms with E-state index in [9.17, 15) is 9.59 Å². The highest BCUT2D eigenvalue weighted by atomic mass is 32.1. The van der Waals surface area contributed by atoms with E-state index in [1.165, 1.54) is 0 Å². The first-order valence-electron chi connectivity index (χ1n) is 11.6. The quantitative estimate of drug-likeness (QED) is 0.367. The summed E-state index contributed by atoms with van der Waals surface area (Å²) in [6.07, 6.45) is 2.51. The number of thiocarbonyl (C=S) groups is 1. The van der Waals surface area contributed by atoms with Crippen molar-refractivity contribution in [2.45, 2.75) is 53.4 Å². The largest absolute Gasteiger partial charge is 0.493 e. The van der Waals surface area contributed by atoms with Gasteiger partial charge in [0.15, 0.2) is 5.11 Å². The Morgan fingerprint density at radius 2 is 1.82 bits per heavy atom. The molecule has 2 aromatic carbocycles. The summed E-state index contributed by atoms with van der Waals surface area (Å²) >= 11 is 5.36. The second-order valence-corrected chi connectivity index (χ2v) is 9.91.